The van der Waals surface area contributed by atoms with E-state index in [2.05, 4.69) is 5.32 Å². The van der Waals surface area contributed by atoms with E-state index in [1.165, 1.54) is 0 Å². The Labute approximate surface area is 120 Å². The van der Waals surface area contributed by atoms with Crippen molar-refractivity contribution in [2.75, 3.05) is 6.61 Å². The molecule has 1 saturated carbocycles. The lowest BCUT2D eigenvalue weighted by Crippen LogP contribution is -2.43. The summed E-state index contributed by atoms with van der Waals surface area (Å²) in [6.45, 7) is -0.0995. The van der Waals surface area contributed by atoms with Crippen LogP contribution in [0.2, 0.25) is 0 Å². The number of aliphatic hydroxyl groups is 1. The van der Waals surface area contributed by atoms with Gasteiger partial charge in [-0.1, -0.05) is 49.6 Å². The smallest absolute Gasteiger partial charge is 0.225 e. The molecule has 0 heterocycles. The molecule has 0 aromatic heterocycles. The molecule has 0 aliphatic heterocycles. The van der Waals surface area contributed by atoms with Gasteiger partial charge in [0.2, 0.25) is 5.91 Å². The topological polar surface area (TPSA) is 75.4 Å². The molecule has 1 aromatic rings. The number of nitrogens with one attached hydrogen (secondary N) is 1. The van der Waals surface area contributed by atoms with Crippen molar-refractivity contribution in [2.24, 2.45) is 11.7 Å². The molecule has 110 valence electrons. The monoisotopic (exact) mass is 276 g/mol. The summed E-state index contributed by atoms with van der Waals surface area (Å²) in [6.07, 6.45) is 5.07. The maximum Gasteiger partial charge on any atom is 0.225 e. The number of hydrogen-bond acceptors (Lipinski definition) is 3. The number of rotatable bonds is 4. The molecule has 4 heteroatoms. The third-order valence-electron chi connectivity index (χ3n) is 4.11. The highest BCUT2D eigenvalue weighted by Gasteiger charge is 2.28. The van der Waals surface area contributed by atoms with Gasteiger partial charge in [-0.3, -0.25) is 4.79 Å². The molecule has 0 saturated heterocycles. The SMILES string of the molecule is NC1CCCCCC1C(=O)N[C@@H](CO)c1ccccc1. The molecule has 4 nitrogen and oxygen atoms in total. The van der Waals surface area contributed by atoms with Gasteiger partial charge in [0.1, 0.15) is 0 Å². The van der Waals surface area contributed by atoms with E-state index >= 15 is 0 Å². The van der Waals surface area contributed by atoms with E-state index < -0.39 is 0 Å². The minimum atomic E-state index is -0.348. The Kier molecular flexibility index (Phi) is 5.56. The predicted octanol–water partition coefficient (Wildman–Crippen LogP) is 1.74. The van der Waals surface area contributed by atoms with Gasteiger partial charge < -0.3 is 16.2 Å². The maximum absolute atomic E-state index is 12.4. The summed E-state index contributed by atoms with van der Waals surface area (Å²) in [5.41, 5.74) is 7.03. The van der Waals surface area contributed by atoms with Crippen LogP contribution in [0, 0.1) is 5.92 Å². The molecule has 1 amide bonds. The Hall–Kier alpha value is -1.39. The van der Waals surface area contributed by atoms with E-state index in [1.54, 1.807) is 0 Å². The van der Waals surface area contributed by atoms with E-state index in [1.807, 2.05) is 30.3 Å². The Bertz CT molecular complexity index is 422. The highest BCUT2D eigenvalue weighted by molar-refractivity contribution is 5.79. The van der Waals surface area contributed by atoms with Gasteiger partial charge in [0.15, 0.2) is 0 Å². The molecule has 1 aliphatic carbocycles. The number of benzene rings is 1. The van der Waals surface area contributed by atoms with E-state index in [4.69, 9.17) is 5.73 Å². The molecule has 2 unspecified atom stereocenters. The van der Waals surface area contributed by atoms with Crippen LogP contribution in [0.1, 0.15) is 43.7 Å². The summed E-state index contributed by atoms with van der Waals surface area (Å²) in [5, 5.41) is 12.4. The molecular formula is C16H24N2O2. The van der Waals surface area contributed by atoms with Crippen LogP contribution in [-0.2, 0) is 4.79 Å². The molecule has 1 fully saturated rings. The fraction of sp³-hybridized carbons (Fsp3) is 0.562. The van der Waals surface area contributed by atoms with Gasteiger partial charge in [-0.15, -0.1) is 0 Å². The van der Waals surface area contributed by atoms with Crippen molar-refractivity contribution in [3.8, 4) is 0 Å². The second kappa shape index (κ2) is 7.41. The van der Waals surface area contributed by atoms with Crippen molar-refractivity contribution < 1.29 is 9.90 Å². The number of nitrogens with two attached hydrogens (primary N) is 1. The lowest BCUT2D eigenvalue weighted by atomic mass is 9.94. The predicted molar refractivity (Wildman–Crippen MR) is 79.0 cm³/mol. The molecule has 1 aliphatic rings. The second-order valence-corrected chi connectivity index (χ2v) is 5.56. The van der Waals surface area contributed by atoms with Crippen LogP contribution in [0.4, 0.5) is 0 Å². The molecule has 0 spiro atoms. The van der Waals surface area contributed by atoms with Crippen LogP contribution in [-0.4, -0.2) is 23.7 Å². The number of carbonyl (C=O) groups excluding carboxylic acids is 1. The summed E-state index contributed by atoms with van der Waals surface area (Å²) in [6, 6.07) is 9.14. The molecule has 2 rings (SSSR count). The largest absolute Gasteiger partial charge is 0.394 e. The van der Waals surface area contributed by atoms with E-state index in [9.17, 15) is 9.90 Å². The third-order valence-corrected chi connectivity index (χ3v) is 4.11. The van der Waals surface area contributed by atoms with Crippen molar-refractivity contribution in [2.45, 2.75) is 44.2 Å². The Morgan fingerprint density at radius 3 is 2.65 bits per heavy atom. The number of amides is 1. The fourth-order valence-electron chi connectivity index (χ4n) is 2.86. The zero-order chi connectivity index (χ0) is 14.4. The average Bonchev–Trinajstić information content (AvgIpc) is 2.70. The molecular weight excluding hydrogens is 252 g/mol. The maximum atomic E-state index is 12.4. The minimum Gasteiger partial charge on any atom is -0.394 e. The van der Waals surface area contributed by atoms with Crippen LogP contribution < -0.4 is 11.1 Å². The first-order valence-corrected chi connectivity index (χ1v) is 7.44. The van der Waals surface area contributed by atoms with E-state index in [0.29, 0.717) is 0 Å². The van der Waals surface area contributed by atoms with Gasteiger partial charge in [0.05, 0.1) is 18.6 Å². The van der Waals surface area contributed by atoms with Crippen LogP contribution in [0.3, 0.4) is 0 Å². The summed E-state index contributed by atoms with van der Waals surface area (Å²) >= 11 is 0. The van der Waals surface area contributed by atoms with Crippen molar-refractivity contribution in [1.82, 2.24) is 5.32 Å². The lowest BCUT2D eigenvalue weighted by molar-refractivity contribution is -0.126. The van der Waals surface area contributed by atoms with Gasteiger partial charge in [-0.2, -0.15) is 0 Å². The first-order chi connectivity index (χ1) is 9.72. The second-order valence-electron chi connectivity index (χ2n) is 5.56. The van der Waals surface area contributed by atoms with Gasteiger partial charge in [0.25, 0.3) is 0 Å². The van der Waals surface area contributed by atoms with Gasteiger partial charge in [-0.25, -0.2) is 0 Å². The molecule has 4 N–H and O–H groups in total. The summed E-state index contributed by atoms with van der Waals surface area (Å²) in [4.78, 5) is 12.4. The normalized spacial score (nSPS) is 24.7. The zero-order valence-corrected chi connectivity index (χ0v) is 11.8. The van der Waals surface area contributed by atoms with E-state index in [0.717, 1.165) is 37.7 Å². The molecule has 3 atom stereocenters. The standard InChI is InChI=1S/C16H24N2O2/c17-14-10-6-2-5-9-13(14)16(20)18-15(11-19)12-7-3-1-4-8-12/h1,3-4,7-8,13-15,19H,2,5-6,9-11,17H2,(H,18,20)/t13?,14?,15-/m0/s1. The Balaban J connectivity index is 2.01. The zero-order valence-electron chi connectivity index (χ0n) is 11.8. The highest BCUT2D eigenvalue weighted by Crippen LogP contribution is 2.23. The summed E-state index contributed by atoms with van der Waals surface area (Å²) < 4.78 is 0. The van der Waals surface area contributed by atoms with Crippen molar-refractivity contribution in [3.63, 3.8) is 0 Å². The van der Waals surface area contributed by atoms with Crippen LogP contribution in [0.15, 0.2) is 30.3 Å². The van der Waals surface area contributed by atoms with Crippen molar-refractivity contribution >= 4 is 5.91 Å². The number of carbonyl (C=O) groups is 1. The van der Waals surface area contributed by atoms with Gasteiger partial charge in [-0.05, 0) is 18.4 Å². The Morgan fingerprint density at radius 2 is 1.95 bits per heavy atom. The quantitative estimate of drug-likeness (QED) is 0.733. The Morgan fingerprint density at radius 1 is 1.25 bits per heavy atom. The first-order valence-electron chi connectivity index (χ1n) is 7.44. The van der Waals surface area contributed by atoms with E-state index in [-0.39, 0.29) is 30.5 Å². The minimum absolute atomic E-state index is 0.0256. The molecule has 20 heavy (non-hydrogen) atoms. The fourth-order valence-corrected chi connectivity index (χ4v) is 2.86. The van der Waals surface area contributed by atoms with Crippen LogP contribution >= 0.6 is 0 Å². The van der Waals surface area contributed by atoms with Crippen LogP contribution in [0.5, 0.6) is 0 Å². The number of hydrogen-bond donors (Lipinski definition) is 3. The lowest BCUT2D eigenvalue weighted by Gasteiger charge is -2.24. The summed E-state index contributed by atoms with van der Waals surface area (Å²) in [7, 11) is 0. The molecule has 1 aromatic carbocycles. The van der Waals surface area contributed by atoms with Gasteiger partial charge >= 0.3 is 0 Å². The van der Waals surface area contributed by atoms with Crippen molar-refractivity contribution in [1.29, 1.82) is 0 Å². The third kappa shape index (κ3) is 3.81. The average molecular weight is 276 g/mol. The summed E-state index contributed by atoms with van der Waals surface area (Å²) in [5.74, 6) is -0.155. The van der Waals surface area contributed by atoms with Crippen LogP contribution in [0.25, 0.3) is 0 Å². The molecule has 0 bridgehead atoms. The first kappa shape index (κ1) is 15.0. The molecule has 0 radical (unpaired) electrons. The number of aliphatic hydroxyl groups excluding tert-OH is 1. The van der Waals surface area contributed by atoms with Gasteiger partial charge in [0, 0.05) is 6.04 Å². The highest BCUT2D eigenvalue weighted by atomic mass is 16.3. The van der Waals surface area contributed by atoms with Crippen molar-refractivity contribution in [3.05, 3.63) is 35.9 Å².